The van der Waals surface area contributed by atoms with Crippen LogP contribution in [-0.2, 0) is 10.4 Å². The van der Waals surface area contributed by atoms with Crippen LogP contribution in [0.15, 0.2) is 60.7 Å². The van der Waals surface area contributed by atoms with Crippen LogP contribution in [0.4, 0.5) is 0 Å². The van der Waals surface area contributed by atoms with Gasteiger partial charge in [0.25, 0.3) is 0 Å². The second-order valence-corrected chi connectivity index (χ2v) is 8.25. The van der Waals surface area contributed by atoms with Gasteiger partial charge in [-0.3, -0.25) is 0 Å². The standard InChI is InChI=1S/C14H12O3.C11H26NO.BrH/c15-13(16)14(17,11-7-3-1-4-8-11)12-9-5-2-6-10-12;1-4-5-6-7-8-9-12(2,3)10-11-13;/h1-10,17H,(H,15,16);13H,4-11H2,1-3H3;1H/q;+1;/p-2. The molecule has 0 aliphatic heterocycles. The van der Waals surface area contributed by atoms with Gasteiger partial charge in [0, 0.05) is 0 Å². The largest absolute Gasteiger partial charge is 1.00 e. The number of aliphatic hydroxyl groups excluding tert-OH is 1. The highest BCUT2D eigenvalue weighted by Crippen LogP contribution is 2.28. The van der Waals surface area contributed by atoms with E-state index in [-0.39, 0.29) is 28.1 Å². The Balaban J connectivity index is 0.000000586. The van der Waals surface area contributed by atoms with E-state index in [0.717, 1.165) is 11.0 Å². The van der Waals surface area contributed by atoms with Crippen molar-refractivity contribution < 1.29 is 41.6 Å². The zero-order valence-electron chi connectivity index (χ0n) is 19.0. The van der Waals surface area contributed by atoms with Crippen molar-refractivity contribution in [2.45, 2.75) is 44.6 Å². The molecule has 0 spiro atoms. The maximum Gasteiger partial charge on any atom is 0.154 e. The maximum absolute atomic E-state index is 11.3. The summed E-state index contributed by atoms with van der Waals surface area (Å²) < 4.78 is 0.961. The quantitative estimate of drug-likeness (QED) is 0.332. The molecule has 2 rings (SSSR count). The normalized spacial score (nSPS) is 11.1. The van der Waals surface area contributed by atoms with E-state index in [2.05, 4.69) is 21.0 Å². The second-order valence-electron chi connectivity index (χ2n) is 8.25. The van der Waals surface area contributed by atoms with E-state index in [1.165, 1.54) is 38.6 Å². The summed E-state index contributed by atoms with van der Waals surface area (Å²) in [5.74, 6) is -1.53. The molecule has 0 heterocycles. The molecule has 2 N–H and O–H groups in total. The number of halogens is 1. The Kier molecular flexibility index (Phi) is 14.3. The third kappa shape index (κ3) is 9.95. The Bertz CT molecular complexity index is 683. The summed E-state index contributed by atoms with van der Waals surface area (Å²) in [6, 6.07) is 16.4. The number of aliphatic carboxylic acids is 1. The third-order valence-electron chi connectivity index (χ3n) is 5.25. The predicted molar refractivity (Wildman–Crippen MR) is 119 cm³/mol. The summed E-state index contributed by atoms with van der Waals surface area (Å²) in [4.78, 5) is 11.3. The number of carbonyl (C=O) groups is 1. The smallest absolute Gasteiger partial charge is 0.154 e. The minimum Gasteiger partial charge on any atom is -1.00 e. The molecular weight excluding hydrogens is 458 g/mol. The molecule has 174 valence electrons. The minimum atomic E-state index is -2.11. The Morgan fingerprint density at radius 1 is 0.871 bits per heavy atom. The lowest BCUT2D eigenvalue weighted by Gasteiger charge is -2.30. The number of carboxylic acids is 1. The number of unbranched alkanes of at least 4 members (excludes halogenated alkanes) is 4. The van der Waals surface area contributed by atoms with Gasteiger partial charge in [0.1, 0.15) is 6.54 Å². The van der Waals surface area contributed by atoms with Crippen molar-refractivity contribution in [2.75, 3.05) is 33.8 Å². The highest BCUT2D eigenvalue weighted by Gasteiger charge is 2.32. The first kappa shape index (κ1) is 29.3. The van der Waals surface area contributed by atoms with E-state index in [9.17, 15) is 15.0 Å². The molecule has 5 nitrogen and oxygen atoms in total. The summed E-state index contributed by atoms with van der Waals surface area (Å²) in [6.45, 7) is 4.63. The summed E-state index contributed by atoms with van der Waals surface area (Å²) >= 11 is 0. The fourth-order valence-corrected chi connectivity index (χ4v) is 3.29. The van der Waals surface area contributed by atoms with E-state index >= 15 is 0 Å². The molecule has 0 saturated carbocycles. The molecule has 0 radical (unpaired) electrons. The SMILES string of the molecule is CCCCCCC[N+](C)(C)CCO.O=C([O-])C(O)(c1ccccc1)c1ccccc1.[Br-]. The highest BCUT2D eigenvalue weighted by atomic mass is 79.9. The summed E-state index contributed by atoms with van der Waals surface area (Å²) in [7, 11) is 4.38. The van der Waals surface area contributed by atoms with Crippen molar-refractivity contribution in [3.8, 4) is 0 Å². The van der Waals surface area contributed by atoms with E-state index in [4.69, 9.17) is 5.11 Å². The molecule has 0 amide bonds. The van der Waals surface area contributed by atoms with Gasteiger partial charge in [-0.05, 0) is 24.0 Å². The first-order valence-corrected chi connectivity index (χ1v) is 10.8. The number of hydrogen-bond donors (Lipinski definition) is 2. The van der Waals surface area contributed by atoms with Crippen molar-refractivity contribution in [2.24, 2.45) is 0 Å². The molecule has 2 aromatic carbocycles. The molecule has 0 fully saturated rings. The Labute approximate surface area is 197 Å². The number of nitrogens with zero attached hydrogens (tertiary/aromatic N) is 1. The molecule has 0 atom stereocenters. The van der Waals surface area contributed by atoms with Crippen molar-refractivity contribution in [1.82, 2.24) is 0 Å². The average Bonchev–Trinajstić information content (AvgIpc) is 2.74. The van der Waals surface area contributed by atoms with Gasteiger partial charge >= 0.3 is 0 Å². The van der Waals surface area contributed by atoms with Gasteiger partial charge in [-0.15, -0.1) is 0 Å². The third-order valence-corrected chi connectivity index (χ3v) is 5.25. The van der Waals surface area contributed by atoms with Crippen LogP contribution >= 0.6 is 0 Å². The Morgan fingerprint density at radius 2 is 1.32 bits per heavy atom. The number of carboxylic acid groups (broad SMARTS) is 1. The zero-order chi connectivity index (χ0) is 22.5. The number of carbonyl (C=O) groups excluding carboxylic acids is 1. The summed E-state index contributed by atoms with van der Waals surface area (Å²) in [5.41, 5.74) is -1.54. The lowest BCUT2D eigenvalue weighted by molar-refractivity contribution is -0.890. The van der Waals surface area contributed by atoms with Crippen LogP contribution in [0.3, 0.4) is 0 Å². The second kappa shape index (κ2) is 15.1. The zero-order valence-corrected chi connectivity index (χ0v) is 20.6. The first-order valence-electron chi connectivity index (χ1n) is 10.8. The maximum atomic E-state index is 11.3. The van der Waals surface area contributed by atoms with Gasteiger partial charge in [-0.1, -0.05) is 86.8 Å². The minimum absolute atomic E-state index is 0. The highest BCUT2D eigenvalue weighted by molar-refractivity contribution is 5.81. The number of likely N-dealkylation sites (N-methyl/N-ethyl adjacent to an activating group) is 1. The Hall–Kier alpha value is -1.73. The van der Waals surface area contributed by atoms with Gasteiger partial charge in [0.15, 0.2) is 5.60 Å². The summed E-state index contributed by atoms with van der Waals surface area (Å²) in [6.07, 6.45) is 6.70. The number of rotatable bonds is 11. The number of benzene rings is 2. The van der Waals surface area contributed by atoms with Crippen molar-refractivity contribution in [1.29, 1.82) is 0 Å². The molecule has 0 aromatic heterocycles. The fraction of sp³-hybridized carbons (Fsp3) is 0.480. The topological polar surface area (TPSA) is 80.6 Å². The van der Waals surface area contributed by atoms with Crippen LogP contribution in [0.5, 0.6) is 0 Å². The van der Waals surface area contributed by atoms with Crippen LogP contribution in [0, 0.1) is 0 Å². The fourth-order valence-electron chi connectivity index (χ4n) is 3.29. The Morgan fingerprint density at radius 3 is 1.71 bits per heavy atom. The first-order chi connectivity index (χ1) is 14.3. The van der Waals surface area contributed by atoms with E-state index in [1.807, 2.05) is 0 Å². The summed E-state index contributed by atoms with van der Waals surface area (Å²) in [5, 5.41) is 30.5. The van der Waals surface area contributed by atoms with Gasteiger partial charge < -0.3 is 41.6 Å². The number of quaternary nitrogens is 1. The molecule has 0 saturated heterocycles. The molecule has 0 aliphatic rings. The molecule has 6 heteroatoms. The van der Waals surface area contributed by atoms with E-state index in [0.29, 0.717) is 6.61 Å². The van der Waals surface area contributed by atoms with Crippen LogP contribution in [0.25, 0.3) is 0 Å². The van der Waals surface area contributed by atoms with Crippen molar-refractivity contribution >= 4 is 5.97 Å². The average molecular weight is 495 g/mol. The number of hydrogen-bond acceptors (Lipinski definition) is 4. The molecule has 31 heavy (non-hydrogen) atoms. The van der Waals surface area contributed by atoms with Gasteiger partial charge in [-0.2, -0.15) is 0 Å². The van der Waals surface area contributed by atoms with Crippen molar-refractivity contribution in [3.05, 3.63) is 71.8 Å². The number of aliphatic hydroxyl groups is 2. The molecular formula is C25H37BrNO4-. The van der Waals surface area contributed by atoms with Crippen LogP contribution in [0.2, 0.25) is 0 Å². The van der Waals surface area contributed by atoms with Gasteiger partial charge in [0.2, 0.25) is 0 Å². The van der Waals surface area contributed by atoms with Crippen LogP contribution in [-0.4, -0.2) is 54.5 Å². The molecule has 2 aromatic rings. The molecule has 0 bridgehead atoms. The lowest BCUT2D eigenvalue weighted by Crippen LogP contribution is -3.00. The molecule has 0 aliphatic carbocycles. The van der Waals surface area contributed by atoms with E-state index < -0.39 is 11.6 Å². The van der Waals surface area contributed by atoms with E-state index in [1.54, 1.807) is 60.7 Å². The van der Waals surface area contributed by atoms with Crippen LogP contribution in [0.1, 0.15) is 50.2 Å². The van der Waals surface area contributed by atoms with Gasteiger partial charge in [0.05, 0.1) is 33.2 Å². The monoisotopic (exact) mass is 494 g/mol. The van der Waals surface area contributed by atoms with Crippen molar-refractivity contribution in [3.63, 3.8) is 0 Å². The molecule has 0 unspecified atom stereocenters. The lowest BCUT2D eigenvalue weighted by atomic mass is 9.86. The predicted octanol–water partition coefficient (Wildman–Crippen LogP) is -0.298. The van der Waals surface area contributed by atoms with Crippen LogP contribution < -0.4 is 22.1 Å². The van der Waals surface area contributed by atoms with Gasteiger partial charge in [-0.25, -0.2) is 0 Å².